The number of nitrogens with zero attached hydrogens (tertiary/aromatic N) is 1. The highest BCUT2D eigenvalue weighted by molar-refractivity contribution is 6.32. The number of carbonyl (C=O) groups excluding carboxylic acids is 1. The van der Waals surface area contributed by atoms with Crippen LogP contribution in [0.2, 0.25) is 5.02 Å². The third-order valence-electron chi connectivity index (χ3n) is 4.28. The zero-order chi connectivity index (χ0) is 19.2. The number of pyridine rings is 1. The third kappa shape index (κ3) is 6.40. The number of halogens is 1. The first kappa shape index (κ1) is 19.4. The predicted molar refractivity (Wildman–Crippen MR) is 107 cm³/mol. The molecule has 1 heterocycles. The smallest absolute Gasteiger partial charge is 0.146 e. The summed E-state index contributed by atoms with van der Waals surface area (Å²) in [6, 6.07) is 9.16. The van der Waals surface area contributed by atoms with Crippen LogP contribution in [0.3, 0.4) is 0 Å². The van der Waals surface area contributed by atoms with E-state index in [-0.39, 0.29) is 11.7 Å². The number of carbonyl (C=O) groups is 1. The minimum absolute atomic E-state index is 0.185. The molecule has 0 amide bonds. The summed E-state index contributed by atoms with van der Waals surface area (Å²) in [7, 11) is 0. The minimum atomic E-state index is 0.185. The number of rotatable bonds is 9. The number of hydrogen-bond acceptors (Lipinski definition) is 4. The Morgan fingerprint density at radius 3 is 2.70 bits per heavy atom. The Kier molecular flexibility index (Phi) is 6.51. The summed E-state index contributed by atoms with van der Waals surface area (Å²) in [6.07, 6.45) is 8.60. The van der Waals surface area contributed by atoms with Gasteiger partial charge in [0.25, 0.3) is 0 Å². The number of allylic oxidation sites excluding steroid dienone is 1. The number of Topliss-reactive ketones (excluding diaryl/α,β-unsaturated/α-hetero) is 1. The molecule has 5 heteroatoms. The van der Waals surface area contributed by atoms with Crippen LogP contribution < -0.4 is 9.47 Å². The largest absolute Gasteiger partial charge is 0.493 e. The van der Waals surface area contributed by atoms with Crippen molar-refractivity contribution in [3.05, 3.63) is 53.3 Å². The van der Waals surface area contributed by atoms with Gasteiger partial charge in [0.2, 0.25) is 0 Å². The number of ketones is 1. The molecule has 1 aliphatic rings. The van der Waals surface area contributed by atoms with Gasteiger partial charge >= 0.3 is 0 Å². The van der Waals surface area contributed by atoms with E-state index >= 15 is 0 Å². The summed E-state index contributed by atoms with van der Waals surface area (Å²) in [4.78, 5) is 15.5. The molecule has 1 aromatic heterocycles. The monoisotopic (exact) mass is 385 g/mol. The van der Waals surface area contributed by atoms with Gasteiger partial charge in [0, 0.05) is 12.5 Å². The topological polar surface area (TPSA) is 48.4 Å². The predicted octanol–water partition coefficient (Wildman–Crippen LogP) is 5.94. The molecule has 0 saturated heterocycles. The molecular formula is C22H24ClNO3. The van der Waals surface area contributed by atoms with Crippen molar-refractivity contribution in [3.8, 4) is 17.2 Å². The van der Waals surface area contributed by atoms with Gasteiger partial charge in [-0.1, -0.05) is 24.6 Å². The quantitative estimate of drug-likeness (QED) is 0.535. The second-order valence-electron chi connectivity index (χ2n) is 7.11. The van der Waals surface area contributed by atoms with Crippen molar-refractivity contribution >= 4 is 23.5 Å². The van der Waals surface area contributed by atoms with E-state index in [0.717, 1.165) is 18.1 Å². The molecule has 0 radical (unpaired) electrons. The maximum Gasteiger partial charge on any atom is 0.146 e. The number of benzene rings is 1. The molecule has 1 atom stereocenters. The van der Waals surface area contributed by atoms with Crippen molar-refractivity contribution < 1.29 is 14.3 Å². The van der Waals surface area contributed by atoms with Crippen molar-refractivity contribution in [2.24, 2.45) is 11.8 Å². The highest BCUT2D eigenvalue weighted by atomic mass is 35.5. The first-order valence-corrected chi connectivity index (χ1v) is 9.61. The molecule has 1 fully saturated rings. The summed E-state index contributed by atoms with van der Waals surface area (Å²) in [6.45, 7) is 4.36. The lowest BCUT2D eigenvalue weighted by molar-refractivity contribution is -0.117. The van der Waals surface area contributed by atoms with E-state index in [1.807, 2.05) is 43.3 Å². The Bertz CT molecular complexity index is 813. The molecule has 0 N–H and O–H groups in total. The van der Waals surface area contributed by atoms with Crippen LogP contribution in [0.15, 0.2) is 42.6 Å². The summed E-state index contributed by atoms with van der Waals surface area (Å²) >= 11 is 6.30. The van der Waals surface area contributed by atoms with Gasteiger partial charge in [0.15, 0.2) is 0 Å². The van der Waals surface area contributed by atoms with E-state index < -0.39 is 0 Å². The fourth-order valence-corrected chi connectivity index (χ4v) is 2.82. The first-order chi connectivity index (χ1) is 13.0. The van der Waals surface area contributed by atoms with Crippen LogP contribution >= 0.6 is 11.6 Å². The highest BCUT2D eigenvalue weighted by Gasteiger charge is 2.22. The molecule has 1 aromatic carbocycles. The van der Waals surface area contributed by atoms with E-state index in [9.17, 15) is 4.79 Å². The summed E-state index contributed by atoms with van der Waals surface area (Å²) in [5.74, 6) is 3.01. The van der Waals surface area contributed by atoms with Crippen LogP contribution in [-0.4, -0.2) is 17.4 Å². The lowest BCUT2D eigenvalue weighted by Crippen LogP contribution is -1.99. The standard InChI is InChI=1S/C22H24ClNO3/c1-15(11-16(2)25)3-6-18-7-8-20(13-24-18)27-22-10-9-19(12-21(22)23)26-14-17-4-5-17/h3,6-10,12-13,15,17H,4-5,11,14H2,1-2H3/b6-3+/t15-/m0/s1. The van der Waals surface area contributed by atoms with Crippen LogP contribution in [0, 0.1) is 11.8 Å². The van der Waals surface area contributed by atoms with Gasteiger partial charge in [-0.3, -0.25) is 4.98 Å². The molecule has 4 nitrogen and oxygen atoms in total. The molecule has 2 aromatic rings. The van der Waals surface area contributed by atoms with E-state index in [1.54, 1.807) is 19.2 Å². The van der Waals surface area contributed by atoms with Crippen LogP contribution in [0.4, 0.5) is 0 Å². The minimum Gasteiger partial charge on any atom is -0.493 e. The molecule has 0 aliphatic heterocycles. The first-order valence-electron chi connectivity index (χ1n) is 9.23. The Morgan fingerprint density at radius 2 is 2.07 bits per heavy atom. The Hall–Kier alpha value is -2.33. The molecule has 1 aliphatic carbocycles. The maximum atomic E-state index is 11.1. The lowest BCUT2D eigenvalue weighted by atomic mass is 10.0. The number of aromatic nitrogens is 1. The summed E-state index contributed by atoms with van der Waals surface area (Å²) in [5, 5.41) is 0.505. The summed E-state index contributed by atoms with van der Waals surface area (Å²) < 4.78 is 11.5. The van der Waals surface area contributed by atoms with Crippen molar-refractivity contribution in [1.82, 2.24) is 4.98 Å². The SMILES string of the molecule is CC(=O)C[C@@H](C)/C=C/c1ccc(Oc2ccc(OCC3CC3)cc2Cl)cn1. The molecule has 27 heavy (non-hydrogen) atoms. The van der Waals surface area contributed by atoms with E-state index in [2.05, 4.69) is 4.98 Å². The van der Waals surface area contributed by atoms with Crippen molar-refractivity contribution in [3.63, 3.8) is 0 Å². The molecular weight excluding hydrogens is 362 g/mol. The van der Waals surface area contributed by atoms with Gasteiger partial charge in [-0.05, 0) is 61.9 Å². The average molecular weight is 386 g/mol. The maximum absolute atomic E-state index is 11.1. The molecule has 3 rings (SSSR count). The van der Waals surface area contributed by atoms with Crippen molar-refractivity contribution in [2.75, 3.05) is 6.61 Å². The second-order valence-corrected chi connectivity index (χ2v) is 7.52. The zero-order valence-electron chi connectivity index (χ0n) is 15.7. The normalized spacial score (nSPS) is 14.9. The highest BCUT2D eigenvalue weighted by Crippen LogP contribution is 2.34. The fraction of sp³-hybridized carbons (Fsp3) is 0.364. The van der Waals surface area contributed by atoms with Crippen molar-refractivity contribution in [2.45, 2.75) is 33.1 Å². The third-order valence-corrected chi connectivity index (χ3v) is 4.57. The van der Waals surface area contributed by atoms with Crippen molar-refractivity contribution in [1.29, 1.82) is 0 Å². The van der Waals surface area contributed by atoms with E-state index in [1.165, 1.54) is 12.8 Å². The average Bonchev–Trinajstić information content (AvgIpc) is 3.45. The zero-order valence-corrected chi connectivity index (χ0v) is 16.4. The van der Waals surface area contributed by atoms with Gasteiger partial charge in [-0.15, -0.1) is 0 Å². The number of hydrogen-bond donors (Lipinski definition) is 0. The fourth-order valence-electron chi connectivity index (χ4n) is 2.61. The van der Waals surface area contributed by atoms with E-state index in [4.69, 9.17) is 21.1 Å². The van der Waals surface area contributed by atoms with Crippen LogP contribution in [0.25, 0.3) is 6.08 Å². The molecule has 0 bridgehead atoms. The lowest BCUT2D eigenvalue weighted by Gasteiger charge is -2.10. The molecule has 0 spiro atoms. The van der Waals surface area contributed by atoms with Gasteiger partial charge in [-0.25, -0.2) is 0 Å². The van der Waals surface area contributed by atoms with Crippen LogP contribution in [0.5, 0.6) is 17.2 Å². The molecule has 142 valence electrons. The van der Waals surface area contributed by atoms with Gasteiger partial charge < -0.3 is 14.3 Å². The Labute approximate surface area is 165 Å². The van der Waals surface area contributed by atoms with Gasteiger partial charge in [0.05, 0.1) is 23.5 Å². The number of ether oxygens (including phenoxy) is 2. The van der Waals surface area contributed by atoms with Gasteiger partial charge in [-0.2, -0.15) is 0 Å². The Balaban J connectivity index is 1.57. The van der Waals surface area contributed by atoms with E-state index in [0.29, 0.717) is 28.9 Å². The molecule has 0 unspecified atom stereocenters. The Morgan fingerprint density at radius 1 is 1.30 bits per heavy atom. The molecule has 1 saturated carbocycles. The summed E-state index contributed by atoms with van der Waals surface area (Å²) in [5.41, 5.74) is 0.813. The van der Waals surface area contributed by atoms with Gasteiger partial charge in [0.1, 0.15) is 23.0 Å². The van der Waals surface area contributed by atoms with Crippen LogP contribution in [-0.2, 0) is 4.79 Å². The second kappa shape index (κ2) is 9.05. The van der Waals surface area contributed by atoms with Crippen LogP contribution in [0.1, 0.15) is 38.8 Å².